The molecule has 2 aliphatic rings. The Morgan fingerprint density at radius 3 is 2.58 bits per heavy atom. The van der Waals surface area contributed by atoms with E-state index < -0.39 is 0 Å². The first-order valence-electron chi connectivity index (χ1n) is 7.36. The normalized spacial score (nSPS) is 35.6. The first-order valence-corrected chi connectivity index (χ1v) is 7.36. The molecule has 1 unspecified atom stereocenters. The van der Waals surface area contributed by atoms with Crippen molar-refractivity contribution >= 4 is 5.69 Å². The van der Waals surface area contributed by atoms with E-state index in [4.69, 9.17) is 0 Å². The molecule has 0 radical (unpaired) electrons. The van der Waals surface area contributed by atoms with E-state index in [9.17, 15) is 4.39 Å². The molecule has 3 atom stereocenters. The summed E-state index contributed by atoms with van der Waals surface area (Å²) in [5, 5.41) is 3.73. The molecule has 0 saturated heterocycles. The molecule has 1 aromatic rings. The Morgan fingerprint density at radius 2 is 2.00 bits per heavy atom. The smallest absolute Gasteiger partial charge is 0.123 e. The van der Waals surface area contributed by atoms with Gasteiger partial charge in [0.05, 0.1) is 0 Å². The van der Waals surface area contributed by atoms with Gasteiger partial charge in [0.1, 0.15) is 5.82 Å². The lowest BCUT2D eigenvalue weighted by Crippen LogP contribution is -2.45. The van der Waals surface area contributed by atoms with Gasteiger partial charge in [-0.2, -0.15) is 0 Å². The lowest BCUT2D eigenvalue weighted by Gasteiger charge is -2.44. The maximum Gasteiger partial charge on any atom is 0.123 e. The molecule has 2 aliphatic carbocycles. The molecule has 2 bridgehead atoms. The van der Waals surface area contributed by atoms with Gasteiger partial charge in [-0.25, -0.2) is 4.39 Å². The second-order valence-corrected chi connectivity index (χ2v) is 7.45. The highest BCUT2D eigenvalue weighted by atomic mass is 19.1. The van der Waals surface area contributed by atoms with Gasteiger partial charge in [0.25, 0.3) is 0 Å². The van der Waals surface area contributed by atoms with E-state index >= 15 is 0 Å². The molecular weight excluding hydrogens is 237 g/mol. The van der Waals surface area contributed by atoms with E-state index in [1.807, 2.05) is 13.0 Å². The molecular formula is C17H24FN. The summed E-state index contributed by atoms with van der Waals surface area (Å²) in [6.45, 7) is 9.17. The number of hydrogen-bond acceptors (Lipinski definition) is 1. The molecule has 2 heteroatoms. The van der Waals surface area contributed by atoms with Crippen LogP contribution in [0.2, 0.25) is 0 Å². The summed E-state index contributed by atoms with van der Waals surface area (Å²) < 4.78 is 13.2. The minimum absolute atomic E-state index is 0.151. The van der Waals surface area contributed by atoms with Crippen LogP contribution in [-0.4, -0.2) is 6.04 Å². The molecule has 0 amide bonds. The van der Waals surface area contributed by atoms with Crippen LogP contribution in [0.5, 0.6) is 0 Å². The van der Waals surface area contributed by atoms with Crippen molar-refractivity contribution < 1.29 is 4.39 Å². The first kappa shape index (κ1) is 13.0. The number of nitrogens with one attached hydrogen (secondary N) is 1. The summed E-state index contributed by atoms with van der Waals surface area (Å²) >= 11 is 0. The Kier molecular flexibility index (Phi) is 2.71. The van der Waals surface area contributed by atoms with Gasteiger partial charge in [-0.15, -0.1) is 0 Å². The van der Waals surface area contributed by atoms with Crippen LogP contribution < -0.4 is 5.32 Å². The number of halogens is 1. The van der Waals surface area contributed by atoms with E-state index in [-0.39, 0.29) is 5.82 Å². The molecule has 1 aromatic carbocycles. The highest BCUT2D eigenvalue weighted by Gasteiger charge is 2.59. The first-order chi connectivity index (χ1) is 8.83. The number of rotatable bonds is 2. The van der Waals surface area contributed by atoms with Crippen molar-refractivity contribution in [2.75, 3.05) is 5.32 Å². The summed E-state index contributed by atoms with van der Waals surface area (Å²) in [5.41, 5.74) is 2.82. The lowest BCUT2D eigenvalue weighted by atomic mass is 9.68. The van der Waals surface area contributed by atoms with Gasteiger partial charge < -0.3 is 5.32 Å². The number of aryl methyl sites for hydroxylation is 1. The fraction of sp³-hybridized carbons (Fsp3) is 0.647. The van der Waals surface area contributed by atoms with Gasteiger partial charge >= 0.3 is 0 Å². The summed E-state index contributed by atoms with van der Waals surface area (Å²) in [6.07, 6.45) is 4.01. The number of anilines is 1. The largest absolute Gasteiger partial charge is 0.381 e. The Bertz CT molecular complexity index is 503. The van der Waals surface area contributed by atoms with Crippen LogP contribution in [-0.2, 0) is 0 Å². The molecule has 19 heavy (non-hydrogen) atoms. The SMILES string of the molecule is Cc1cc(F)ccc1NC1C(C)(C)[C@H]2CC[C@]1(C)C2. The zero-order valence-corrected chi connectivity index (χ0v) is 12.4. The molecule has 1 N–H and O–H groups in total. The van der Waals surface area contributed by atoms with E-state index in [0.717, 1.165) is 17.2 Å². The van der Waals surface area contributed by atoms with Crippen LogP contribution in [0.15, 0.2) is 18.2 Å². The zero-order valence-electron chi connectivity index (χ0n) is 12.4. The maximum atomic E-state index is 13.2. The highest BCUT2D eigenvalue weighted by molar-refractivity contribution is 5.52. The van der Waals surface area contributed by atoms with Crippen molar-refractivity contribution in [1.29, 1.82) is 0 Å². The van der Waals surface area contributed by atoms with Crippen LogP contribution in [0.25, 0.3) is 0 Å². The van der Waals surface area contributed by atoms with E-state index in [2.05, 4.69) is 26.1 Å². The third-order valence-electron chi connectivity index (χ3n) is 5.76. The predicted octanol–water partition coefficient (Wildman–Crippen LogP) is 4.76. The van der Waals surface area contributed by atoms with Crippen LogP contribution in [0.3, 0.4) is 0 Å². The second-order valence-electron chi connectivity index (χ2n) is 7.45. The number of benzene rings is 1. The monoisotopic (exact) mass is 261 g/mol. The van der Waals surface area contributed by atoms with Gasteiger partial charge in [-0.1, -0.05) is 20.8 Å². The average molecular weight is 261 g/mol. The maximum absolute atomic E-state index is 13.2. The molecule has 0 aliphatic heterocycles. The molecule has 1 nitrogen and oxygen atoms in total. The van der Waals surface area contributed by atoms with E-state index in [1.54, 1.807) is 12.1 Å². The lowest BCUT2D eigenvalue weighted by molar-refractivity contribution is 0.155. The van der Waals surface area contributed by atoms with Crippen LogP contribution in [0.1, 0.15) is 45.6 Å². The van der Waals surface area contributed by atoms with Crippen LogP contribution >= 0.6 is 0 Å². The van der Waals surface area contributed by atoms with Crippen molar-refractivity contribution in [3.05, 3.63) is 29.6 Å². The van der Waals surface area contributed by atoms with Crippen LogP contribution in [0, 0.1) is 29.5 Å². The molecule has 0 heterocycles. The highest BCUT2D eigenvalue weighted by Crippen LogP contribution is 2.63. The molecule has 104 valence electrons. The number of hydrogen-bond donors (Lipinski definition) is 1. The summed E-state index contributed by atoms with van der Waals surface area (Å²) in [4.78, 5) is 0. The van der Waals surface area contributed by atoms with Crippen molar-refractivity contribution in [1.82, 2.24) is 0 Å². The molecule has 0 spiro atoms. The topological polar surface area (TPSA) is 12.0 Å². The zero-order chi connectivity index (χ0) is 13.8. The Hall–Kier alpha value is -1.05. The third kappa shape index (κ3) is 1.87. The Labute approximate surface area is 115 Å². The average Bonchev–Trinajstić information content (AvgIpc) is 2.78. The van der Waals surface area contributed by atoms with Gasteiger partial charge in [-0.05, 0) is 66.7 Å². The second kappa shape index (κ2) is 3.97. The Balaban J connectivity index is 1.90. The predicted molar refractivity (Wildman–Crippen MR) is 77.8 cm³/mol. The van der Waals surface area contributed by atoms with E-state index in [1.165, 1.54) is 19.3 Å². The minimum Gasteiger partial charge on any atom is -0.381 e. The molecule has 2 fully saturated rings. The number of fused-ring (bicyclic) bond motifs is 2. The van der Waals surface area contributed by atoms with Gasteiger partial charge in [0.2, 0.25) is 0 Å². The third-order valence-corrected chi connectivity index (χ3v) is 5.76. The van der Waals surface area contributed by atoms with Gasteiger partial charge in [0, 0.05) is 11.7 Å². The summed E-state index contributed by atoms with van der Waals surface area (Å²) in [7, 11) is 0. The van der Waals surface area contributed by atoms with Crippen LogP contribution in [0.4, 0.5) is 10.1 Å². The molecule has 3 rings (SSSR count). The quantitative estimate of drug-likeness (QED) is 0.809. The van der Waals surface area contributed by atoms with Gasteiger partial charge in [-0.3, -0.25) is 0 Å². The molecule has 0 aromatic heterocycles. The van der Waals surface area contributed by atoms with Crippen molar-refractivity contribution in [3.8, 4) is 0 Å². The van der Waals surface area contributed by atoms with Gasteiger partial charge in [0.15, 0.2) is 0 Å². The molecule has 2 saturated carbocycles. The van der Waals surface area contributed by atoms with E-state index in [0.29, 0.717) is 16.9 Å². The van der Waals surface area contributed by atoms with Crippen molar-refractivity contribution in [3.63, 3.8) is 0 Å². The Morgan fingerprint density at radius 1 is 1.26 bits per heavy atom. The standard InChI is InChI=1S/C17H24FN/c1-11-9-13(18)5-6-14(11)19-15-16(2,3)12-7-8-17(15,4)10-12/h5-6,9,12,15,19H,7-8,10H2,1-4H3/t12-,15?,17+/m0/s1. The summed E-state index contributed by atoms with van der Waals surface area (Å²) in [6, 6.07) is 5.54. The van der Waals surface area contributed by atoms with Crippen molar-refractivity contribution in [2.45, 2.75) is 53.0 Å². The fourth-order valence-corrected chi connectivity index (χ4v) is 4.61. The minimum atomic E-state index is -0.151. The fourth-order valence-electron chi connectivity index (χ4n) is 4.61. The summed E-state index contributed by atoms with van der Waals surface area (Å²) in [5.74, 6) is 0.678. The van der Waals surface area contributed by atoms with Crippen molar-refractivity contribution in [2.24, 2.45) is 16.7 Å².